The highest BCUT2D eigenvalue weighted by atomic mass is 16.5. The fourth-order valence-electron chi connectivity index (χ4n) is 3.27. The number of amides is 1. The van der Waals surface area contributed by atoms with Crippen LogP contribution in [0, 0.1) is 0 Å². The summed E-state index contributed by atoms with van der Waals surface area (Å²) in [7, 11) is 1.99. The molecule has 2 aliphatic rings. The molecular formula is C19H29N3O3. The molecule has 1 unspecified atom stereocenters. The SMILES string of the molecule is CN(CC(=O)N1CCNCC1)Cc1ccc(OCC2CCCO2)cc1. The number of rotatable bonds is 7. The van der Waals surface area contributed by atoms with Gasteiger partial charge >= 0.3 is 0 Å². The Morgan fingerprint density at radius 3 is 2.76 bits per heavy atom. The van der Waals surface area contributed by atoms with Crippen molar-refractivity contribution in [2.75, 3.05) is 53.0 Å². The van der Waals surface area contributed by atoms with Gasteiger partial charge in [-0.1, -0.05) is 12.1 Å². The minimum Gasteiger partial charge on any atom is -0.491 e. The smallest absolute Gasteiger partial charge is 0.236 e. The van der Waals surface area contributed by atoms with Gasteiger partial charge in [-0.3, -0.25) is 9.69 Å². The zero-order valence-corrected chi connectivity index (χ0v) is 15.1. The van der Waals surface area contributed by atoms with Crippen molar-refractivity contribution in [2.24, 2.45) is 0 Å². The molecule has 2 aliphatic heterocycles. The van der Waals surface area contributed by atoms with Gasteiger partial charge in [0.15, 0.2) is 0 Å². The van der Waals surface area contributed by atoms with Crippen LogP contribution in [0.3, 0.4) is 0 Å². The van der Waals surface area contributed by atoms with Crippen LogP contribution in [0.25, 0.3) is 0 Å². The summed E-state index contributed by atoms with van der Waals surface area (Å²) in [6.45, 7) is 6.09. The molecule has 3 rings (SSSR count). The Hall–Kier alpha value is -1.63. The Morgan fingerprint density at radius 2 is 2.08 bits per heavy atom. The summed E-state index contributed by atoms with van der Waals surface area (Å²) in [6.07, 6.45) is 2.46. The van der Waals surface area contributed by atoms with E-state index in [0.29, 0.717) is 13.2 Å². The van der Waals surface area contributed by atoms with Crippen molar-refractivity contribution in [2.45, 2.75) is 25.5 Å². The summed E-state index contributed by atoms with van der Waals surface area (Å²) in [5.41, 5.74) is 1.18. The lowest BCUT2D eigenvalue weighted by Gasteiger charge is -2.29. The van der Waals surface area contributed by atoms with E-state index in [-0.39, 0.29) is 12.0 Å². The molecule has 1 amide bonds. The second kappa shape index (κ2) is 9.17. The van der Waals surface area contributed by atoms with E-state index in [2.05, 4.69) is 22.3 Å². The molecule has 2 saturated heterocycles. The fraction of sp³-hybridized carbons (Fsp3) is 0.632. The largest absolute Gasteiger partial charge is 0.491 e. The molecule has 25 heavy (non-hydrogen) atoms. The topological polar surface area (TPSA) is 54.0 Å². The Bertz CT molecular complexity index is 537. The number of hydrogen-bond donors (Lipinski definition) is 1. The maximum atomic E-state index is 12.3. The van der Waals surface area contributed by atoms with Crippen LogP contribution in [-0.2, 0) is 16.1 Å². The van der Waals surface area contributed by atoms with Gasteiger partial charge in [-0.2, -0.15) is 0 Å². The molecule has 1 aromatic carbocycles. The van der Waals surface area contributed by atoms with Crippen molar-refractivity contribution in [3.63, 3.8) is 0 Å². The number of piperazine rings is 1. The van der Waals surface area contributed by atoms with E-state index >= 15 is 0 Å². The van der Waals surface area contributed by atoms with Crippen LogP contribution in [0.5, 0.6) is 5.75 Å². The summed E-state index contributed by atoms with van der Waals surface area (Å²) in [5, 5.41) is 3.27. The Kier molecular flexibility index (Phi) is 6.67. The molecule has 1 aromatic rings. The average Bonchev–Trinajstić information content (AvgIpc) is 3.15. The highest BCUT2D eigenvalue weighted by Gasteiger charge is 2.18. The van der Waals surface area contributed by atoms with Crippen molar-refractivity contribution >= 4 is 5.91 Å². The Labute approximate surface area is 150 Å². The molecule has 0 bridgehead atoms. The maximum Gasteiger partial charge on any atom is 0.236 e. The fourth-order valence-corrected chi connectivity index (χ4v) is 3.27. The Morgan fingerprint density at radius 1 is 1.32 bits per heavy atom. The number of nitrogens with zero attached hydrogens (tertiary/aromatic N) is 2. The number of hydrogen-bond acceptors (Lipinski definition) is 5. The third-order valence-electron chi connectivity index (χ3n) is 4.71. The van der Waals surface area contributed by atoms with Gasteiger partial charge < -0.3 is 19.7 Å². The standard InChI is InChI=1S/C19H29N3O3/c1-21(14-19(23)22-10-8-20-9-11-22)13-16-4-6-17(7-5-16)25-15-18-3-2-12-24-18/h4-7,18,20H,2-3,8-15H2,1H3. The first-order valence-corrected chi connectivity index (χ1v) is 9.21. The molecular weight excluding hydrogens is 318 g/mol. The van der Waals surface area contributed by atoms with E-state index in [1.165, 1.54) is 5.56 Å². The average molecular weight is 347 g/mol. The van der Waals surface area contributed by atoms with E-state index in [1.54, 1.807) is 0 Å². The van der Waals surface area contributed by atoms with Crippen LogP contribution in [0.15, 0.2) is 24.3 Å². The van der Waals surface area contributed by atoms with Gasteiger partial charge in [0, 0.05) is 39.3 Å². The van der Waals surface area contributed by atoms with Crippen LogP contribution < -0.4 is 10.1 Å². The highest BCUT2D eigenvalue weighted by molar-refractivity contribution is 5.78. The lowest BCUT2D eigenvalue weighted by Crippen LogP contribution is -2.49. The predicted octanol–water partition coefficient (Wildman–Crippen LogP) is 1.11. The molecule has 2 fully saturated rings. The molecule has 0 saturated carbocycles. The number of carbonyl (C=O) groups excluding carboxylic acids is 1. The molecule has 0 aliphatic carbocycles. The van der Waals surface area contributed by atoms with Gasteiger partial charge in [0.2, 0.25) is 5.91 Å². The summed E-state index contributed by atoms with van der Waals surface area (Å²) >= 11 is 0. The van der Waals surface area contributed by atoms with Crippen molar-refractivity contribution in [3.8, 4) is 5.75 Å². The number of carbonyl (C=O) groups is 1. The van der Waals surface area contributed by atoms with Gasteiger partial charge in [0.1, 0.15) is 12.4 Å². The van der Waals surface area contributed by atoms with E-state index in [1.807, 2.05) is 24.1 Å². The molecule has 1 N–H and O–H groups in total. The molecule has 2 heterocycles. The number of benzene rings is 1. The van der Waals surface area contributed by atoms with E-state index in [4.69, 9.17) is 9.47 Å². The van der Waals surface area contributed by atoms with Crippen LogP contribution in [0.4, 0.5) is 0 Å². The van der Waals surface area contributed by atoms with Crippen molar-refractivity contribution in [1.29, 1.82) is 0 Å². The van der Waals surface area contributed by atoms with Crippen LogP contribution in [-0.4, -0.2) is 74.8 Å². The van der Waals surface area contributed by atoms with Crippen molar-refractivity contribution < 1.29 is 14.3 Å². The monoisotopic (exact) mass is 347 g/mol. The zero-order chi connectivity index (χ0) is 17.5. The van der Waals surface area contributed by atoms with Gasteiger partial charge in [0.25, 0.3) is 0 Å². The Balaban J connectivity index is 1.41. The predicted molar refractivity (Wildman–Crippen MR) is 96.7 cm³/mol. The van der Waals surface area contributed by atoms with E-state index in [0.717, 1.165) is 57.9 Å². The van der Waals surface area contributed by atoms with Crippen LogP contribution in [0.2, 0.25) is 0 Å². The second-order valence-electron chi connectivity index (χ2n) is 6.89. The lowest BCUT2D eigenvalue weighted by molar-refractivity contribution is -0.132. The van der Waals surface area contributed by atoms with Gasteiger partial charge in [-0.05, 0) is 37.6 Å². The molecule has 138 valence electrons. The first kappa shape index (κ1) is 18.2. The first-order valence-electron chi connectivity index (χ1n) is 9.21. The highest BCUT2D eigenvalue weighted by Crippen LogP contribution is 2.17. The molecule has 0 radical (unpaired) electrons. The third kappa shape index (κ3) is 5.70. The van der Waals surface area contributed by atoms with Crippen LogP contribution >= 0.6 is 0 Å². The zero-order valence-electron chi connectivity index (χ0n) is 15.1. The lowest BCUT2D eigenvalue weighted by atomic mass is 10.2. The summed E-state index contributed by atoms with van der Waals surface area (Å²) in [5.74, 6) is 1.08. The third-order valence-corrected chi connectivity index (χ3v) is 4.71. The van der Waals surface area contributed by atoms with E-state index in [9.17, 15) is 4.79 Å². The summed E-state index contributed by atoms with van der Waals surface area (Å²) in [4.78, 5) is 16.3. The van der Waals surface area contributed by atoms with Crippen LogP contribution in [0.1, 0.15) is 18.4 Å². The minimum absolute atomic E-state index is 0.209. The quantitative estimate of drug-likeness (QED) is 0.801. The number of ether oxygens (including phenoxy) is 2. The molecule has 6 heteroatoms. The van der Waals surface area contributed by atoms with Crippen molar-refractivity contribution in [1.82, 2.24) is 15.1 Å². The first-order chi connectivity index (χ1) is 12.2. The van der Waals surface area contributed by atoms with E-state index < -0.39 is 0 Å². The van der Waals surface area contributed by atoms with Crippen molar-refractivity contribution in [3.05, 3.63) is 29.8 Å². The number of nitrogens with one attached hydrogen (secondary N) is 1. The minimum atomic E-state index is 0.209. The second-order valence-corrected chi connectivity index (χ2v) is 6.89. The van der Waals surface area contributed by atoms with Gasteiger partial charge in [-0.15, -0.1) is 0 Å². The maximum absolute atomic E-state index is 12.3. The summed E-state index contributed by atoms with van der Waals surface area (Å²) in [6, 6.07) is 8.12. The van der Waals surface area contributed by atoms with Gasteiger partial charge in [-0.25, -0.2) is 0 Å². The van der Waals surface area contributed by atoms with Gasteiger partial charge in [0.05, 0.1) is 12.6 Å². The molecule has 6 nitrogen and oxygen atoms in total. The summed E-state index contributed by atoms with van der Waals surface area (Å²) < 4.78 is 11.4. The molecule has 0 aromatic heterocycles. The molecule has 1 atom stereocenters. The number of likely N-dealkylation sites (N-methyl/N-ethyl adjacent to an activating group) is 1. The normalized spacial score (nSPS) is 20.9. The molecule has 0 spiro atoms.